The second-order valence-electron chi connectivity index (χ2n) is 6.08. The van der Waals surface area contributed by atoms with Crippen LogP contribution in [0.3, 0.4) is 0 Å². The van der Waals surface area contributed by atoms with E-state index in [1.165, 1.54) is 0 Å². The summed E-state index contributed by atoms with van der Waals surface area (Å²) in [5.74, 6) is 0.597. The molecule has 4 heteroatoms. The molecule has 0 aliphatic carbocycles. The Labute approximate surface area is 142 Å². The van der Waals surface area contributed by atoms with Crippen molar-refractivity contribution in [1.29, 1.82) is 0 Å². The number of nitrogens with one attached hydrogen (secondary N) is 1. The number of hydrogen-bond acceptors (Lipinski definition) is 3. The summed E-state index contributed by atoms with van der Waals surface area (Å²) in [5.41, 5.74) is 1.68. The molecule has 0 spiro atoms. The summed E-state index contributed by atoms with van der Waals surface area (Å²) >= 11 is 0. The van der Waals surface area contributed by atoms with E-state index in [2.05, 4.69) is 5.32 Å². The molecule has 1 heterocycles. The van der Waals surface area contributed by atoms with E-state index in [0.717, 1.165) is 25.0 Å². The third-order valence-electron chi connectivity index (χ3n) is 4.20. The molecule has 1 amide bonds. The quantitative estimate of drug-likeness (QED) is 0.880. The number of benzene rings is 2. The Morgan fingerprint density at radius 3 is 2.83 bits per heavy atom. The van der Waals surface area contributed by atoms with E-state index in [0.29, 0.717) is 17.9 Å². The number of ether oxygens (including phenoxy) is 2. The van der Waals surface area contributed by atoms with Gasteiger partial charge in [0.1, 0.15) is 12.4 Å². The van der Waals surface area contributed by atoms with E-state index in [1.807, 2.05) is 49.4 Å². The highest BCUT2D eigenvalue weighted by atomic mass is 16.5. The lowest BCUT2D eigenvalue weighted by Gasteiger charge is -2.15. The predicted octanol–water partition coefficient (Wildman–Crippen LogP) is 3.74. The highest BCUT2D eigenvalue weighted by molar-refractivity contribution is 5.94. The van der Waals surface area contributed by atoms with Gasteiger partial charge in [0, 0.05) is 12.2 Å². The van der Waals surface area contributed by atoms with Crippen LogP contribution >= 0.6 is 0 Å². The lowest BCUT2D eigenvalue weighted by molar-refractivity contribution is 0.0679. The fourth-order valence-corrected chi connectivity index (χ4v) is 2.80. The third kappa shape index (κ3) is 4.36. The summed E-state index contributed by atoms with van der Waals surface area (Å²) in [4.78, 5) is 12.4. The maximum Gasteiger partial charge on any atom is 0.251 e. The zero-order chi connectivity index (χ0) is 16.8. The average Bonchev–Trinajstić information content (AvgIpc) is 3.14. The summed E-state index contributed by atoms with van der Waals surface area (Å²) < 4.78 is 11.3. The molecule has 2 unspecified atom stereocenters. The molecule has 1 N–H and O–H groups in total. The molecule has 0 aromatic heterocycles. The van der Waals surface area contributed by atoms with Crippen LogP contribution in [0.5, 0.6) is 5.75 Å². The Balaban J connectivity index is 1.59. The zero-order valence-corrected chi connectivity index (χ0v) is 13.9. The Bertz CT molecular complexity index is 666. The average molecular weight is 325 g/mol. The number of carbonyl (C=O) groups excluding carboxylic acids is 1. The second-order valence-corrected chi connectivity index (χ2v) is 6.08. The predicted molar refractivity (Wildman–Crippen MR) is 93.2 cm³/mol. The van der Waals surface area contributed by atoms with Crippen molar-refractivity contribution in [1.82, 2.24) is 5.32 Å². The Hall–Kier alpha value is -2.33. The van der Waals surface area contributed by atoms with E-state index in [4.69, 9.17) is 9.47 Å². The monoisotopic (exact) mass is 325 g/mol. The van der Waals surface area contributed by atoms with Gasteiger partial charge in [-0.1, -0.05) is 36.4 Å². The van der Waals surface area contributed by atoms with Gasteiger partial charge in [-0.15, -0.1) is 0 Å². The van der Waals surface area contributed by atoms with Crippen molar-refractivity contribution >= 4 is 5.91 Å². The van der Waals surface area contributed by atoms with E-state index in [-0.39, 0.29) is 18.1 Å². The summed E-state index contributed by atoms with van der Waals surface area (Å²) in [6.07, 6.45) is 2.29. The summed E-state index contributed by atoms with van der Waals surface area (Å²) in [5, 5.41) is 3.02. The maximum absolute atomic E-state index is 12.4. The van der Waals surface area contributed by atoms with Crippen LogP contribution < -0.4 is 10.1 Å². The number of carbonyl (C=O) groups is 1. The van der Waals surface area contributed by atoms with Crippen LogP contribution in [0, 0.1) is 0 Å². The van der Waals surface area contributed by atoms with Crippen LogP contribution in [0.2, 0.25) is 0 Å². The minimum Gasteiger partial charge on any atom is -0.491 e. The van der Waals surface area contributed by atoms with Gasteiger partial charge in [-0.25, -0.2) is 0 Å². The fourth-order valence-electron chi connectivity index (χ4n) is 2.80. The lowest BCUT2D eigenvalue weighted by atomic mass is 10.1. The van der Waals surface area contributed by atoms with Crippen molar-refractivity contribution in [3.05, 3.63) is 65.7 Å². The van der Waals surface area contributed by atoms with Gasteiger partial charge in [-0.3, -0.25) is 4.79 Å². The lowest BCUT2D eigenvalue weighted by Crippen LogP contribution is -2.26. The normalized spacial score (nSPS) is 18.1. The molecule has 1 fully saturated rings. The summed E-state index contributed by atoms with van der Waals surface area (Å²) in [7, 11) is 0. The van der Waals surface area contributed by atoms with Crippen molar-refractivity contribution in [3.63, 3.8) is 0 Å². The molecular weight excluding hydrogens is 302 g/mol. The Morgan fingerprint density at radius 2 is 2.08 bits per heavy atom. The molecule has 4 nitrogen and oxygen atoms in total. The van der Waals surface area contributed by atoms with E-state index in [1.54, 1.807) is 12.1 Å². The first-order valence-corrected chi connectivity index (χ1v) is 8.42. The zero-order valence-electron chi connectivity index (χ0n) is 13.9. The molecule has 3 rings (SSSR count). The van der Waals surface area contributed by atoms with Crippen molar-refractivity contribution in [3.8, 4) is 5.75 Å². The van der Waals surface area contributed by atoms with Crippen LogP contribution in [0.25, 0.3) is 0 Å². The Morgan fingerprint density at radius 1 is 1.25 bits per heavy atom. The van der Waals surface area contributed by atoms with E-state index < -0.39 is 0 Å². The fraction of sp³-hybridized carbons (Fsp3) is 0.350. The molecule has 1 aliphatic heterocycles. The van der Waals surface area contributed by atoms with Gasteiger partial charge in [0.25, 0.3) is 5.91 Å². The van der Waals surface area contributed by atoms with Gasteiger partial charge in [-0.2, -0.15) is 0 Å². The molecule has 2 aromatic rings. The smallest absolute Gasteiger partial charge is 0.251 e. The van der Waals surface area contributed by atoms with Gasteiger partial charge in [0.15, 0.2) is 0 Å². The largest absolute Gasteiger partial charge is 0.491 e. The standard InChI is InChI=1S/C20H23NO3/c1-15(16-7-3-2-4-8-16)21-20(22)17-9-5-10-18(13-17)24-14-19-11-6-12-23-19/h2-5,7-10,13,15,19H,6,11-12,14H2,1H3,(H,21,22). The highest BCUT2D eigenvalue weighted by Crippen LogP contribution is 2.18. The molecule has 24 heavy (non-hydrogen) atoms. The van der Waals surface area contributed by atoms with Gasteiger partial charge < -0.3 is 14.8 Å². The minimum atomic E-state index is -0.103. The van der Waals surface area contributed by atoms with E-state index in [9.17, 15) is 4.79 Å². The SMILES string of the molecule is CC(NC(=O)c1cccc(OCC2CCCO2)c1)c1ccccc1. The number of rotatable bonds is 6. The van der Waals surface area contributed by atoms with Crippen LogP contribution in [0.4, 0.5) is 0 Å². The topological polar surface area (TPSA) is 47.6 Å². The first kappa shape index (κ1) is 16.5. The molecule has 2 aromatic carbocycles. The van der Waals surface area contributed by atoms with Crippen molar-refractivity contribution < 1.29 is 14.3 Å². The van der Waals surface area contributed by atoms with Gasteiger partial charge >= 0.3 is 0 Å². The molecule has 126 valence electrons. The molecule has 0 radical (unpaired) electrons. The van der Waals surface area contributed by atoms with Crippen LogP contribution in [-0.2, 0) is 4.74 Å². The first-order chi connectivity index (χ1) is 11.7. The third-order valence-corrected chi connectivity index (χ3v) is 4.20. The van der Waals surface area contributed by atoms with Gasteiger partial charge in [-0.05, 0) is 43.5 Å². The van der Waals surface area contributed by atoms with Crippen LogP contribution in [-0.4, -0.2) is 25.2 Å². The molecule has 0 bridgehead atoms. The Kier molecular flexibility index (Phi) is 5.49. The minimum absolute atomic E-state index is 0.0461. The molecule has 1 aliphatic rings. The molecular formula is C20H23NO3. The number of hydrogen-bond donors (Lipinski definition) is 1. The van der Waals surface area contributed by atoms with Crippen LogP contribution in [0.15, 0.2) is 54.6 Å². The van der Waals surface area contributed by atoms with Gasteiger partial charge in [0.05, 0.1) is 12.1 Å². The molecule has 2 atom stereocenters. The molecule has 1 saturated heterocycles. The summed E-state index contributed by atoms with van der Waals surface area (Å²) in [6.45, 7) is 3.32. The highest BCUT2D eigenvalue weighted by Gasteiger charge is 2.16. The first-order valence-electron chi connectivity index (χ1n) is 8.42. The summed E-state index contributed by atoms with van der Waals surface area (Å²) in [6, 6.07) is 17.2. The van der Waals surface area contributed by atoms with Gasteiger partial charge in [0.2, 0.25) is 0 Å². The van der Waals surface area contributed by atoms with E-state index >= 15 is 0 Å². The maximum atomic E-state index is 12.4. The van der Waals surface area contributed by atoms with Crippen molar-refractivity contribution in [2.45, 2.75) is 31.9 Å². The van der Waals surface area contributed by atoms with Crippen molar-refractivity contribution in [2.24, 2.45) is 0 Å². The number of amides is 1. The van der Waals surface area contributed by atoms with Crippen LogP contribution in [0.1, 0.15) is 41.7 Å². The van der Waals surface area contributed by atoms with Crippen molar-refractivity contribution in [2.75, 3.05) is 13.2 Å². The molecule has 0 saturated carbocycles. The second kappa shape index (κ2) is 7.97.